The van der Waals surface area contributed by atoms with E-state index in [1.165, 1.54) is 13.8 Å². The van der Waals surface area contributed by atoms with E-state index in [0.29, 0.717) is 0 Å². The van der Waals surface area contributed by atoms with E-state index in [0.717, 1.165) is 4.90 Å². The van der Waals surface area contributed by atoms with Crippen LogP contribution in [0.2, 0.25) is 0 Å². The highest BCUT2D eigenvalue weighted by molar-refractivity contribution is 7.80. The highest BCUT2D eigenvalue weighted by Gasteiger charge is 2.33. The molecule has 0 bridgehead atoms. The number of carboxylic acid groups (broad SMARTS) is 1. The molecule has 0 aliphatic rings. The summed E-state index contributed by atoms with van der Waals surface area (Å²) in [5.41, 5.74) is 0. The standard InChI is InChI=1S/C9H17NO6S/c1-5(7(12)8(13)9(14)15)10(6(2)11)3-16-4-17/h5,7-8,12-13,17H,3-4H2,1-2H3,(H,14,15). The number of aliphatic carboxylic acids is 1. The van der Waals surface area contributed by atoms with Gasteiger partial charge in [-0.2, -0.15) is 12.6 Å². The zero-order valence-electron chi connectivity index (χ0n) is 9.61. The van der Waals surface area contributed by atoms with Gasteiger partial charge in [-0.3, -0.25) is 4.79 Å². The maximum absolute atomic E-state index is 11.3. The summed E-state index contributed by atoms with van der Waals surface area (Å²) >= 11 is 3.79. The zero-order chi connectivity index (χ0) is 13.6. The Balaban J connectivity index is 4.64. The molecule has 0 saturated carbocycles. The topological polar surface area (TPSA) is 107 Å². The number of thiol groups is 1. The Kier molecular flexibility index (Phi) is 7.12. The van der Waals surface area contributed by atoms with Crippen LogP contribution in [-0.2, 0) is 14.3 Å². The van der Waals surface area contributed by atoms with Gasteiger partial charge in [0.05, 0.1) is 12.0 Å². The fourth-order valence-corrected chi connectivity index (χ4v) is 1.31. The second kappa shape index (κ2) is 7.49. The Morgan fingerprint density at radius 3 is 2.29 bits per heavy atom. The molecule has 3 unspecified atom stereocenters. The molecule has 0 fully saturated rings. The predicted molar refractivity (Wildman–Crippen MR) is 61.4 cm³/mol. The number of carbonyl (C=O) groups is 2. The van der Waals surface area contributed by atoms with Gasteiger partial charge >= 0.3 is 5.97 Å². The van der Waals surface area contributed by atoms with E-state index in [9.17, 15) is 19.8 Å². The first kappa shape index (κ1) is 16.2. The molecule has 100 valence electrons. The SMILES string of the molecule is CC(=O)N(COCS)C(C)C(O)C(O)C(=O)O. The van der Waals surface area contributed by atoms with Gasteiger partial charge in [-0.05, 0) is 6.92 Å². The van der Waals surface area contributed by atoms with Crippen molar-refractivity contribution in [2.75, 3.05) is 12.7 Å². The lowest BCUT2D eigenvalue weighted by molar-refractivity contribution is -0.160. The third-order valence-corrected chi connectivity index (χ3v) is 2.47. The fourth-order valence-electron chi connectivity index (χ4n) is 1.23. The Bertz CT molecular complexity index is 274. The Morgan fingerprint density at radius 1 is 1.41 bits per heavy atom. The van der Waals surface area contributed by atoms with Gasteiger partial charge in [-0.1, -0.05) is 0 Å². The predicted octanol–water partition coefficient (Wildman–Crippen LogP) is -1.11. The molecule has 0 aromatic carbocycles. The van der Waals surface area contributed by atoms with Crippen molar-refractivity contribution in [1.82, 2.24) is 4.90 Å². The van der Waals surface area contributed by atoms with Crippen molar-refractivity contribution in [3.8, 4) is 0 Å². The van der Waals surface area contributed by atoms with E-state index in [4.69, 9.17) is 9.84 Å². The van der Waals surface area contributed by atoms with E-state index < -0.39 is 30.1 Å². The number of amides is 1. The summed E-state index contributed by atoms with van der Waals surface area (Å²) < 4.78 is 4.90. The lowest BCUT2D eigenvalue weighted by atomic mass is 10.1. The first-order valence-electron chi connectivity index (χ1n) is 4.87. The van der Waals surface area contributed by atoms with Crippen LogP contribution in [-0.4, -0.2) is 63.0 Å². The number of nitrogens with zero attached hydrogens (tertiary/aromatic N) is 1. The van der Waals surface area contributed by atoms with Gasteiger partial charge in [0.15, 0.2) is 6.10 Å². The molecule has 8 heteroatoms. The van der Waals surface area contributed by atoms with Crippen molar-refractivity contribution in [2.24, 2.45) is 0 Å². The molecule has 0 aliphatic carbocycles. The van der Waals surface area contributed by atoms with E-state index in [2.05, 4.69) is 12.6 Å². The molecule has 1 amide bonds. The van der Waals surface area contributed by atoms with Crippen molar-refractivity contribution >= 4 is 24.5 Å². The molecule has 0 heterocycles. The fraction of sp³-hybridized carbons (Fsp3) is 0.778. The number of aliphatic hydroxyl groups is 2. The minimum atomic E-state index is -1.96. The van der Waals surface area contributed by atoms with E-state index >= 15 is 0 Å². The van der Waals surface area contributed by atoms with Crippen molar-refractivity contribution in [2.45, 2.75) is 32.1 Å². The molecule has 7 nitrogen and oxygen atoms in total. The summed E-state index contributed by atoms with van der Waals surface area (Å²) in [5, 5.41) is 27.3. The summed E-state index contributed by atoms with van der Waals surface area (Å²) in [5.74, 6) is -1.88. The minimum absolute atomic E-state index is 0.0775. The second-order valence-electron chi connectivity index (χ2n) is 3.47. The smallest absolute Gasteiger partial charge is 0.335 e. The molecule has 3 atom stereocenters. The van der Waals surface area contributed by atoms with Crippen LogP contribution in [0.1, 0.15) is 13.8 Å². The quantitative estimate of drug-likeness (QED) is 0.344. The van der Waals surface area contributed by atoms with E-state index in [-0.39, 0.29) is 12.7 Å². The molecule has 0 spiro atoms. The first-order valence-corrected chi connectivity index (χ1v) is 5.51. The molecule has 0 rings (SSSR count). The van der Waals surface area contributed by atoms with Gasteiger partial charge in [0.1, 0.15) is 12.8 Å². The van der Waals surface area contributed by atoms with Crippen molar-refractivity contribution in [1.29, 1.82) is 0 Å². The summed E-state index contributed by atoms with van der Waals surface area (Å²) in [6.45, 7) is 2.53. The highest BCUT2D eigenvalue weighted by atomic mass is 32.1. The lowest BCUT2D eigenvalue weighted by Gasteiger charge is -2.32. The van der Waals surface area contributed by atoms with Gasteiger partial charge in [0.25, 0.3) is 0 Å². The van der Waals surface area contributed by atoms with Crippen LogP contribution in [0, 0.1) is 0 Å². The third kappa shape index (κ3) is 4.90. The monoisotopic (exact) mass is 267 g/mol. The van der Waals surface area contributed by atoms with Gasteiger partial charge in [-0.25, -0.2) is 4.79 Å². The van der Waals surface area contributed by atoms with Crippen LogP contribution < -0.4 is 0 Å². The molecule has 0 aromatic heterocycles. The number of aliphatic hydroxyl groups excluding tert-OH is 2. The summed E-state index contributed by atoms with van der Waals surface area (Å²) in [7, 11) is 0. The third-order valence-electron chi connectivity index (χ3n) is 2.29. The molecule has 3 N–H and O–H groups in total. The lowest BCUT2D eigenvalue weighted by Crippen LogP contribution is -2.51. The zero-order valence-corrected chi connectivity index (χ0v) is 10.5. The molecule has 17 heavy (non-hydrogen) atoms. The molecule has 0 aliphatic heterocycles. The molecule has 0 saturated heterocycles. The van der Waals surface area contributed by atoms with Crippen LogP contribution in [0.5, 0.6) is 0 Å². The number of carboxylic acids is 1. The average molecular weight is 267 g/mol. The highest BCUT2D eigenvalue weighted by Crippen LogP contribution is 2.09. The van der Waals surface area contributed by atoms with E-state index in [1.807, 2.05) is 0 Å². The van der Waals surface area contributed by atoms with Crippen molar-refractivity contribution in [3.05, 3.63) is 0 Å². The van der Waals surface area contributed by atoms with Crippen LogP contribution in [0.3, 0.4) is 0 Å². The molecule has 0 aromatic rings. The normalized spacial score (nSPS) is 16.1. The van der Waals surface area contributed by atoms with Crippen molar-refractivity contribution in [3.63, 3.8) is 0 Å². The minimum Gasteiger partial charge on any atom is -0.479 e. The first-order chi connectivity index (χ1) is 7.82. The van der Waals surface area contributed by atoms with E-state index in [1.54, 1.807) is 0 Å². The van der Waals surface area contributed by atoms with Crippen molar-refractivity contribution < 1.29 is 29.6 Å². The number of rotatable bonds is 7. The number of hydrogen-bond acceptors (Lipinski definition) is 6. The number of ether oxygens (including phenoxy) is 1. The van der Waals surface area contributed by atoms with Gasteiger partial charge in [0, 0.05) is 6.92 Å². The number of carbonyl (C=O) groups excluding carboxylic acids is 1. The summed E-state index contributed by atoms with van der Waals surface area (Å²) in [6.07, 6.45) is -3.55. The molecular weight excluding hydrogens is 250 g/mol. The maximum Gasteiger partial charge on any atom is 0.335 e. The number of hydrogen-bond donors (Lipinski definition) is 4. The van der Waals surface area contributed by atoms with Gasteiger partial charge in [-0.15, -0.1) is 0 Å². The summed E-state index contributed by atoms with van der Waals surface area (Å²) in [6, 6.07) is -0.890. The van der Waals surface area contributed by atoms with Gasteiger partial charge in [0.2, 0.25) is 5.91 Å². The second-order valence-corrected chi connectivity index (χ2v) is 3.72. The van der Waals surface area contributed by atoms with Crippen LogP contribution in [0.25, 0.3) is 0 Å². The Morgan fingerprint density at radius 2 is 1.94 bits per heavy atom. The largest absolute Gasteiger partial charge is 0.479 e. The average Bonchev–Trinajstić information content (AvgIpc) is 2.26. The maximum atomic E-state index is 11.3. The van der Waals surface area contributed by atoms with Crippen LogP contribution in [0.15, 0.2) is 0 Å². The van der Waals surface area contributed by atoms with Crippen LogP contribution in [0.4, 0.5) is 0 Å². The molecular formula is C9H17NO6S. The van der Waals surface area contributed by atoms with Gasteiger partial charge < -0.3 is 25.0 Å². The molecule has 0 radical (unpaired) electrons. The Labute approximate surface area is 104 Å². The summed E-state index contributed by atoms with van der Waals surface area (Å²) in [4.78, 5) is 22.9. The Hall–Kier alpha value is -0.830. The van der Waals surface area contributed by atoms with Crippen LogP contribution >= 0.6 is 12.6 Å².